The topological polar surface area (TPSA) is 104 Å². The van der Waals surface area contributed by atoms with E-state index in [4.69, 9.17) is 5.10 Å². The molecule has 31 heavy (non-hydrogen) atoms. The number of pyridine rings is 2. The first-order chi connectivity index (χ1) is 15.0. The zero-order valence-electron chi connectivity index (χ0n) is 17.9. The smallest absolute Gasteiger partial charge is 0.248 e. The Hall–Kier alpha value is -3.52. The molecule has 0 unspecified atom stereocenters. The van der Waals surface area contributed by atoms with Crippen molar-refractivity contribution < 1.29 is 0 Å². The first-order valence-corrected chi connectivity index (χ1v) is 10.6. The van der Waals surface area contributed by atoms with Gasteiger partial charge in [0.25, 0.3) is 0 Å². The largest absolute Gasteiger partial charge is 0.329 e. The summed E-state index contributed by atoms with van der Waals surface area (Å²) in [5, 5.41) is 16.9. The van der Waals surface area contributed by atoms with E-state index in [1.165, 1.54) is 5.69 Å². The Kier molecular flexibility index (Phi) is 4.78. The van der Waals surface area contributed by atoms with Crippen LogP contribution in [0.4, 0.5) is 0 Å². The number of aromatic amines is 2. The van der Waals surface area contributed by atoms with Crippen LogP contribution in [0.25, 0.3) is 34.3 Å². The molecule has 8 heteroatoms. The van der Waals surface area contributed by atoms with Crippen LogP contribution in [0.1, 0.15) is 48.1 Å². The van der Waals surface area contributed by atoms with Gasteiger partial charge in [-0.25, -0.2) is 0 Å². The molecule has 0 saturated heterocycles. The molecule has 0 saturated carbocycles. The van der Waals surface area contributed by atoms with Crippen molar-refractivity contribution in [2.45, 2.75) is 32.7 Å². The van der Waals surface area contributed by atoms with Crippen LogP contribution in [0, 0.1) is 0 Å². The number of aryl methyl sites for hydroxylation is 1. The van der Waals surface area contributed by atoms with Crippen molar-refractivity contribution in [1.29, 1.82) is 0 Å². The summed E-state index contributed by atoms with van der Waals surface area (Å²) in [5.41, 5.74) is 7.56. The third kappa shape index (κ3) is 3.38. The number of hydrogen-bond donors (Lipinski definition) is 3. The number of hydrogen-bond acceptors (Lipinski definition) is 5. The van der Waals surface area contributed by atoms with Crippen molar-refractivity contribution in [1.82, 2.24) is 35.3 Å². The highest BCUT2D eigenvalue weighted by atomic mass is 16.1. The van der Waals surface area contributed by atoms with Gasteiger partial charge in [0.2, 0.25) is 5.56 Å². The molecule has 4 aromatic heterocycles. The molecule has 158 valence electrons. The summed E-state index contributed by atoms with van der Waals surface area (Å²) in [4.78, 5) is 19.5. The fraction of sp³-hybridized carbons (Fsp3) is 0.304. The van der Waals surface area contributed by atoms with Gasteiger partial charge in [-0.15, -0.1) is 0 Å². The van der Waals surface area contributed by atoms with E-state index in [1.54, 1.807) is 18.5 Å². The lowest BCUT2D eigenvalue weighted by atomic mass is 9.99. The van der Waals surface area contributed by atoms with Crippen molar-refractivity contribution in [2.75, 3.05) is 6.54 Å². The maximum Gasteiger partial charge on any atom is 0.248 e. The molecule has 1 aliphatic heterocycles. The van der Waals surface area contributed by atoms with Crippen LogP contribution in [0.5, 0.6) is 0 Å². The molecule has 5 rings (SSSR count). The Morgan fingerprint density at radius 1 is 1.26 bits per heavy atom. The SMILES string of the molecule is CCc1c2c(nn1C)CCN[C@H](C)c1c[nH]c(=O)cc1-c1cc3c(n[nH]c3cn1)C=C2. The van der Waals surface area contributed by atoms with Gasteiger partial charge in [0, 0.05) is 60.5 Å². The highest BCUT2D eigenvalue weighted by Crippen LogP contribution is 2.29. The molecule has 4 aromatic rings. The normalized spacial score (nSPS) is 16.3. The Morgan fingerprint density at radius 3 is 2.97 bits per heavy atom. The maximum absolute atomic E-state index is 12.1. The van der Waals surface area contributed by atoms with Crippen molar-refractivity contribution in [2.24, 2.45) is 7.05 Å². The number of H-pyrrole nitrogens is 2. The molecule has 3 N–H and O–H groups in total. The lowest BCUT2D eigenvalue weighted by Gasteiger charge is -2.17. The second-order valence-corrected chi connectivity index (χ2v) is 7.93. The number of rotatable bonds is 1. The zero-order valence-corrected chi connectivity index (χ0v) is 17.9. The zero-order chi connectivity index (χ0) is 21.5. The van der Waals surface area contributed by atoms with Gasteiger partial charge in [0.05, 0.1) is 28.8 Å². The van der Waals surface area contributed by atoms with E-state index < -0.39 is 0 Å². The van der Waals surface area contributed by atoms with Crippen LogP contribution in [0.2, 0.25) is 0 Å². The van der Waals surface area contributed by atoms with E-state index in [9.17, 15) is 4.79 Å². The van der Waals surface area contributed by atoms with Gasteiger partial charge in [-0.2, -0.15) is 10.2 Å². The molecule has 0 fully saturated rings. The first-order valence-electron chi connectivity index (χ1n) is 10.6. The van der Waals surface area contributed by atoms with E-state index in [-0.39, 0.29) is 11.6 Å². The molecular formula is C23H25N7O. The second-order valence-electron chi connectivity index (χ2n) is 7.93. The van der Waals surface area contributed by atoms with Crippen LogP contribution in [0.15, 0.2) is 29.3 Å². The van der Waals surface area contributed by atoms with E-state index in [0.29, 0.717) is 0 Å². The highest BCUT2D eigenvalue weighted by molar-refractivity contribution is 5.91. The van der Waals surface area contributed by atoms with Crippen LogP contribution in [0.3, 0.4) is 0 Å². The Balaban J connectivity index is 1.73. The van der Waals surface area contributed by atoms with E-state index >= 15 is 0 Å². The Labute approximate surface area is 179 Å². The van der Waals surface area contributed by atoms with Gasteiger partial charge in [-0.3, -0.25) is 19.6 Å². The van der Waals surface area contributed by atoms with Gasteiger partial charge >= 0.3 is 0 Å². The quantitative estimate of drug-likeness (QED) is 0.443. The molecule has 0 aromatic carbocycles. The molecule has 2 bridgehead atoms. The van der Waals surface area contributed by atoms with E-state index in [0.717, 1.165) is 64.1 Å². The molecule has 5 heterocycles. The molecule has 1 aliphatic rings. The van der Waals surface area contributed by atoms with Crippen molar-refractivity contribution in [3.05, 3.63) is 63.1 Å². The lowest BCUT2D eigenvalue weighted by molar-refractivity contribution is 0.569. The summed E-state index contributed by atoms with van der Waals surface area (Å²) in [6, 6.07) is 3.65. The summed E-state index contributed by atoms with van der Waals surface area (Å²) in [5.74, 6) is 0. The third-order valence-corrected chi connectivity index (χ3v) is 6.01. The average Bonchev–Trinajstić information content (AvgIpc) is 3.30. The highest BCUT2D eigenvalue weighted by Gasteiger charge is 2.18. The number of fused-ring (bicyclic) bond motifs is 4. The fourth-order valence-electron chi connectivity index (χ4n) is 4.39. The maximum atomic E-state index is 12.1. The summed E-state index contributed by atoms with van der Waals surface area (Å²) >= 11 is 0. The van der Waals surface area contributed by atoms with Crippen LogP contribution >= 0.6 is 0 Å². The molecule has 0 spiro atoms. The predicted octanol–water partition coefficient (Wildman–Crippen LogP) is 2.99. The fourth-order valence-corrected chi connectivity index (χ4v) is 4.39. The molecular weight excluding hydrogens is 390 g/mol. The van der Waals surface area contributed by atoms with Gasteiger partial charge < -0.3 is 10.3 Å². The molecule has 1 atom stereocenters. The van der Waals surface area contributed by atoms with Gasteiger partial charge in [0.15, 0.2) is 0 Å². The number of nitrogens with one attached hydrogen (secondary N) is 3. The standard InChI is InChI=1S/C23H25N7O/c1-4-22-14-5-6-18-16-9-20(25-12-21(16)28-27-18)15-10-23(31)26-11-17(15)13(2)24-8-7-19(14)29-30(22)3/h5-6,9-13,24H,4,7-8H2,1-3H3,(H,26,31)(H,27,28)/t13-/m1/s1. The number of aromatic nitrogens is 6. The van der Waals surface area contributed by atoms with Crippen LogP contribution in [-0.4, -0.2) is 36.5 Å². The lowest BCUT2D eigenvalue weighted by Crippen LogP contribution is -2.23. The van der Waals surface area contributed by atoms with Gasteiger partial charge in [0.1, 0.15) is 0 Å². The molecule has 0 radical (unpaired) electrons. The van der Waals surface area contributed by atoms with E-state index in [1.807, 2.05) is 23.9 Å². The minimum absolute atomic E-state index is 0.0319. The average molecular weight is 416 g/mol. The Morgan fingerprint density at radius 2 is 2.13 bits per heavy atom. The first kappa shape index (κ1) is 19.4. The Bertz CT molecular complexity index is 1360. The predicted molar refractivity (Wildman–Crippen MR) is 122 cm³/mol. The molecule has 0 amide bonds. The van der Waals surface area contributed by atoms with Crippen LogP contribution in [-0.2, 0) is 19.9 Å². The van der Waals surface area contributed by atoms with Crippen molar-refractivity contribution in [3.8, 4) is 11.3 Å². The monoisotopic (exact) mass is 415 g/mol. The molecule has 0 aliphatic carbocycles. The summed E-state index contributed by atoms with van der Waals surface area (Å²) in [7, 11) is 2.00. The minimum atomic E-state index is -0.147. The van der Waals surface area contributed by atoms with Gasteiger partial charge in [-0.05, 0) is 37.1 Å². The van der Waals surface area contributed by atoms with E-state index in [2.05, 4.69) is 45.4 Å². The third-order valence-electron chi connectivity index (χ3n) is 6.01. The van der Waals surface area contributed by atoms with Crippen LogP contribution < -0.4 is 10.9 Å². The summed E-state index contributed by atoms with van der Waals surface area (Å²) in [6.45, 7) is 5.01. The second kappa shape index (κ2) is 7.63. The van der Waals surface area contributed by atoms with Gasteiger partial charge in [-0.1, -0.05) is 6.92 Å². The number of nitrogens with zero attached hydrogens (tertiary/aromatic N) is 4. The minimum Gasteiger partial charge on any atom is -0.329 e. The summed E-state index contributed by atoms with van der Waals surface area (Å²) < 4.78 is 1.97. The van der Waals surface area contributed by atoms with Crippen molar-refractivity contribution >= 4 is 23.1 Å². The molecule has 8 nitrogen and oxygen atoms in total. The van der Waals surface area contributed by atoms with Crippen molar-refractivity contribution in [3.63, 3.8) is 0 Å². The summed E-state index contributed by atoms with van der Waals surface area (Å²) in [6.07, 6.45) is 9.41.